The van der Waals surface area contributed by atoms with Crippen molar-refractivity contribution < 1.29 is 4.79 Å². The summed E-state index contributed by atoms with van der Waals surface area (Å²) in [5.41, 5.74) is 9.68. The SMILES string of the molecule is Cc1ccnc(N2CCN(c3ncc(-c4cccc(CN(C)C(=O)CN)c4)cn3)CC2)c1. The molecule has 0 radical (unpaired) electrons. The molecule has 8 heteroatoms. The van der Waals surface area contributed by atoms with Crippen LogP contribution in [0.15, 0.2) is 55.0 Å². The van der Waals surface area contributed by atoms with E-state index in [0.717, 1.165) is 54.6 Å². The van der Waals surface area contributed by atoms with E-state index in [9.17, 15) is 4.79 Å². The highest BCUT2D eigenvalue weighted by Gasteiger charge is 2.20. The van der Waals surface area contributed by atoms with Gasteiger partial charge in [0.2, 0.25) is 11.9 Å². The van der Waals surface area contributed by atoms with Crippen LogP contribution in [0.2, 0.25) is 0 Å². The number of aromatic nitrogens is 3. The molecular weight excluding hydrogens is 402 g/mol. The average molecular weight is 432 g/mol. The van der Waals surface area contributed by atoms with Crippen molar-refractivity contribution >= 4 is 17.7 Å². The van der Waals surface area contributed by atoms with E-state index >= 15 is 0 Å². The van der Waals surface area contributed by atoms with E-state index in [-0.39, 0.29) is 12.5 Å². The number of hydrogen-bond donors (Lipinski definition) is 1. The van der Waals surface area contributed by atoms with Crippen LogP contribution in [0.3, 0.4) is 0 Å². The maximum absolute atomic E-state index is 11.7. The molecule has 4 rings (SSSR count). The van der Waals surface area contributed by atoms with Gasteiger partial charge in [0.25, 0.3) is 0 Å². The molecule has 1 fully saturated rings. The number of aryl methyl sites for hydroxylation is 1. The summed E-state index contributed by atoms with van der Waals surface area (Å²) in [4.78, 5) is 31.6. The monoisotopic (exact) mass is 431 g/mol. The maximum Gasteiger partial charge on any atom is 0.236 e. The molecule has 0 aliphatic carbocycles. The molecule has 1 aliphatic rings. The second-order valence-electron chi connectivity index (χ2n) is 8.09. The molecule has 0 spiro atoms. The summed E-state index contributed by atoms with van der Waals surface area (Å²) in [6, 6.07) is 12.2. The number of rotatable bonds is 6. The van der Waals surface area contributed by atoms with E-state index in [2.05, 4.69) is 43.8 Å². The highest BCUT2D eigenvalue weighted by atomic mass is 16.2. The van der Waals surface area contributed by atoms with Gasteiger partial charge >= 0.3 is 0 Å². The second kappa shape index (κ2) is 9.74. The maximum atomic E-state index is 11.7. The molecular formula is C24H29N7O. The van der Waals surface area contributed by atoms with Gasteiger partial charge in [-0.15, -0.1) is 0 Å². The van der Waals surface area contributed by atoms with Gasteiger partial charge < -0.3 is 20.4 Å². The molecule has 2 N–H and O–H groups in total. The van der Waals surface area contributed by atoms with Crippen molar-refractivity contribution in [2.75, 3.05) is 49.6 Å². The largest absolute Gasteiger partial charge is 0.353 e. The molecule has 1 aromatic carbocycles. The van der Waals surface area contributed by atoms with Gasteiger partial charge in [-0.2, -0.15) is 0 Å². The van der Waals surface area contributed by atoms with E-state index in [4.69, 9.17) is 5.73 Å². The van der Waals surface area contributed by atoms with Gasteiger partial charge in [-0.1, -0.05) is 18.2 Å². The highest BCUT2D eigenvalue weighted by molar-refractivity contribution is 5.77. The number of nitrogens with zero attached hydrogens (tertiary/aromatic N) is 6. The fraction of sp³-hybridized carbons (Fsp3) is 0.333. The number of likely N-dealkylation sites (N-methyl/N-ethyl adjacent to an activating group) is 1. The zero-order valence-electron chi connectivity index (χ0n) is 18.6. The number of nitrogens with two attached hydrogens (primary N) is 1. The molecule has 1 aliphatic heterocycles. The van der Waals surface area contributed by atoms with Crippen molar-refractivity contribution in [2.45, 2.75) is 13.5 Å². The molecule has 3 aromatic rings. The van der Waals surface area contributed by atoms with Crippen molar-refractivity contribution in [3.05, 3.63) is 66.1 Å². The summed E-state index contributed by atoms with van der Waals surface area (Å²) in [7, 11) is 1.76. The fourth-order valence-corrected chi connectivity index (χ4v) is 3.83. The highest BCUT2D eigenvalue weighted by Crippen LogP contribution is 2.22. The Balaban J connectivity index is 1.40. The summed E-state index contributed by atoms with van der Waals surface area (Å²) < 4.78 is 0. The smallest absolute Gasteiger partial charge is 0.236 e. The number of pyridine rings is 1. The number of piperazine rings is 1. The second-order valence-corrected chi connectivity index (χ2v) is 8.09. The van der Waals surface area contributed by atoms with Crippen molar-refractivity contribution in [3.8, 4) is 11.1 Å². The number of amides is 1. The molecule has 3 heterocycles. The third kappa shape index (κ3) is 5.03. The van der Waals surface area contributed by atoms with Gasteiger partial charge in [0, 0.05) is 63.9 Å². The van der Waals surface area contributed by atoms with E-state index < -0.39 is 0 Å². The third-order valence-corrected chi connectivity index (χ3v) is 5.71. The van der Waals surface area contributed by atoms with E-state index in [1.807, 2.05) is 42.9 Å². The normalized spacial score (nSPS) is 13.8. The minimum absolute atomic E-state index is 0.0151. The molecule has 2 aromatic heterocycles. The first-order valence-corrected chi connectivity index (χ1v) is 10.8. The lowest BCUT2D eigenvalue weighted by molar-refractivity contribution is -0.128. The molecule has 0 atom stereocenters. The first-order chi connectivity index (χ1) is 15.5. The van der Waals surface area contributed by atoms with Crippen LogP contribution in [0.1, 0.15) is 11.1 Å². The standard InChI is InChI=1S/C24H29N7O/c1-18-6-7-26-22(12-18)30-8-10-31(11-9-30)24-27-15-21(16-28-24)20-5-3-4-19(13-20)17-29(2)23(32)14-25/h3-7,12-13,15-16H,8-11,14,17,25H2,1-2H3. The van der Waals surface area contributed by atoms with Crippen LogP contribution < -0.4 is 15.5 Å². The number of carbonyl (C=O) groups is 1. The predicted octanol–water partition coefficient (Wildman–Crippen LogP) is 2.09. The molecule has 1 saturated heterocycles. The summed E-state index contributed by atoms with van der Waals surface area (Å²) >= 11 is 0. The zero-order valence-corrected chi connectivity index (χ0v) is 18.6. The summed E-state index contributed by atoms with van der Waals surface area (Å²) in [6.45, 7) is 6.10. The summed E-state index contributed by atoms with van der Waals surface area (Å²) in [5, 5.41) is 0. The third-order valence-electron chi connectivity index (χ3n) is 5.71. The lowest BCUT2D eigenvalue weighted by Crippen LogP contribution is -2.47. The first kappa shape index (κ1) is 21.7. The van der Waals surface area contributed by atoms with Crippen molar-refractivity contribution in [1.82, 2.24) is 19.9 Å². The molecule has 1 amide bonds. The summed E-state index contributed by atoms with van der Waals surface area (Å²) in [5.74, 6) is 1.69. The summed E-state index contributed by atoms with van der Waals surface area (Å²) in [6.07, 6.45) is 5.59. The number of anilines is 2. The quantitative estimate of drug-likeness (QED) is 0.639. The van der Waals surface area contributed by atoms with Crippen LogP contribution in [0.4, 0.5) is 11.8 Å². The predicted molar refractivity (Wildman–Crippen MR) is 126 cm³/mol. The van der Waals surface area contributed by atoms with Gasteiger partial charge in [0.15, 0.2) is 0 Å². The van der Waals surface area contributed by atoms with Crippen LogP contribution >= 0.6 is 0 Å². The average Bonchev–Trinajstić information content (AvgIpc) is 2.84. The molecule has 8 nitrogen and oxygen atoms in total. The minimum Gasteiger partial charge on any atom is -0.353 e. The van der Waals surface area contributed by atoms with Gasteiger partial charge in [-0.25, -0.2) is 15.0 Å². The van der Waals surface area contributed by atoms with Gasteiger partial charge in [-0.3, -0.25) is 4.79 Å². The Bertz CT molecular complexity index is 1060. The number of hydrogen-bond acceptors (Lipinski definition) is 7. The Kier molecular flexibility index (Phi) is 6.61. The Morgan fingerprint density at radius 1 is 1.00 bits per heavy atom. The van der Waals surface area contributed by atoms with Crippen LogP contribution in [-0.2, 0) is 11.3 Å². The molecule has 0 unspecified atom stereocenters. The van der Waals surface area contributed by atoms with Gasteiger partial charge in [0.05, 0.1) is 6.54 Å². The van der Waals surface area contributed by atoms with E-state index in [0.29, 0.717) is 6.54 Å². The zero-order chi connectivity index (χ0) is 22.5. The van der Waals surface area contributed by atoms with Gasteiger partial charge in [-0.05, 0) is 41.8 Å². The van der Waals surface area contributed by atoms with Crippen molar-refractivity contribution in [2.24, 2.45) is 5.73 Å². The number of benzene rings is 1. The topological polar surface area (TPSA) is 91.5 Å². The molecule has 0 bridgehead atoms. The molecule has 32 heavy (non-hydrogen) atoms. The Labute approximate surface area is 188 Å². The molecule has 166 valence electrons. The first-order valence-electron chi connectivity index (χ1n) is 10.8. The molecule has 0 saturated carbocycles. The van der Waals surface area contributed by atoms with Gasteiger partial charge in [0.1, 0.15) is 5.82 Å². The van der Waals surface area contributed by atoms with E-state index in [1.54, 1.807) is 11.9 Å². The minimum atomic E-state index is -0.0821. The van der Waals surface area contributed by atoms with Crippen LogP contribution in [0, 0.1) is 6.92 Å². The number of carbonyl (C=O) groups excluding carboxylic acids is 1. The van der Waals surface area contributed by atoms with E-state index in [1.165, 1.54) is 5.56 Å². The lowest BCUT2D eigenvalue weighted by Gasteiger charge is -2.35. The van der Waals surface area contributed by atoms with Crippen LogP contribution in [-0.4, -0.2) is 65.5 Å². The Hall–Kier alpha value is -3.52. The fourth-order valence-electron chi connectivity index (χ4n) is 3.83. The van der Waals surface area contributed by atoms with Crippen molar-refractivity contribution in [3.63, 3.8) is 0 Å². The Morgan fingerprint density at radius 3 is 2.41 bits per heavy atom. The Morgan fingerprint density at radius 2 is 1.72 bits per heavy atom. The van der Waals surface area contributed by atoms with Crippen molar-refractivity contribution in [1.29, 1.82) is 0 Å². The van der Waals surface area contributed by atoms with Crippen LogP contribution in [0.25, 0.3) is 11.1 Å². The lowest BCUT2D eigenvalue weighted by atomic mass is 10.1. The van der Waals surface area contributed by atoms with Crippen LogP contribution in [0.5, 0.6) is 0 Å².